The first kappa shape index (κ1) is 16.9. The van der Waals surface area contributed by atoms with Crippen LogP contribution in [0.5, 0.6) is 0 Å². The molecule has 0 aliphatic heterocycles. The summed E-state index contributed by atoms with van der Waals surface area (Å²) in [5.74, 6) is 0.335. The van der Waals surface area contributed by atoms with Gasteiger partial charge in [0.15, 0.2) is 0 Å². The fourth-order valence-electron chi connectivity index (χ4n) is 1.68. The topological polar surface area (TPSA) is 65.4 Å². The first-order chi connectivity index (χ1) is 9.51. The van der Waals surface area contributed by atoms with Crippen molar-refractivity contribution in [2.24, 2.45) is 5.92 Å². The zero-order chi connectivity index (χ0) is 15.1. The first-order valence-electron chi connectivity index (χ1n) is 6.51. The zero-order valence-corrected chi connectivity index (χ0v) is 13.1. The first-order valence-corrected chi connectivity index (χ1v) is 6.89. The third-order valence-electron chi connectivity index (χ3n) is 2.98. The Morgan fingerprint density at radius 2 is 2.10 bits per heavy atom. The Labute approximate surface area is 124 Å². The second-order valence-corrected chi connectivity index (χ2v) is 5.22. The molecular formula is C13H22ClN3O3. The molecular weight excluding hydrogens is 282 g/mol. The van der Waals surface area contributed by atoms with Crippen LogP contribution in [0.4, 0.5) is 5.69 Å². The van der Waals surface area contributed by atoms with Crippen LogP contribution in [0.2, 0.25) is 5.02 Å². The highest BCUT2D eigenvalue weighted by atomic mass is 35.5. The third kappa shape index (κ3) is 4.47. The predicted molar refractivity (Wildman–Crippen MR) is 79.5 cm³/mol. The second kappa shape index (κ2) is 8.24. The van der Waals surface area contributed by atoms with Gasteiger partial charge in [-0.05, 0) is 5.92 Å². The molecule has 0 aliphatic rings. The number of methoxy groups -OCH3 is 2. The molecule has 6 nitrogen and oxygen atoms in total. The maximum absolute atomic E-state index is 12.0. The van der Waals surface area contributed by atoms with Crippen molar-refractivity contribution in [3.05, 3.63) is 21.6 Å². The Balaban J connectivity index is 2.91. The summed E-state index contributed by atoms with van der Waals surface area (Å²) in [4.78, 5) is 12.0. The van der Waals surface area contributed by atoms with Crippen LogP contribution in [0.1, 0.15) is 13.8 Å². The number of nitrogens with one attached hydrogen (secondary N) is 1. The highest BCUT2D eigenvalue weighted by Crippen LogP contribution is 2.18. The van der Waals surface area contributed by atoms with Gasteiger partial charge >= 0.3 is 0 Å². The van der Waals surface area contributed by atoms with E-state index in [2.05, 4.69) is 24.3 Å². The van der Waals surface area contributed by atoms with Crippen molar-refractivity contribution in [2.75, 3.05) is 32.8 Å². The number of anilines is 1. The standard InChI is InChI=1S/C13H22ClN3O3/c1-9(2)11(8-20-4)16-10-7-15-17(5-6-19-3)13(18)12(10)14/h7,9,11,16H,5-6,8H2,1-4H3. The molecule has 1 aromatic rings. The fraction of sp³-hybridized carbons (Fsp3) is 0.692. The lowest BCUT2D eigenvalue weighted by molar-refractivity contribution is 0.171. The maximum atomic E-state index is 12.0. The molecule has 0 saturated heterocycles. The van der Waals surface area contributed by atoms with Crippen molar-refractivity contribution < 1.29 is 9.47 Å². The average Bonchev–Trinajstić information content (AvgIpc) is 2.42. The van der Waals surface area contributed by atoms with Gasteiger partial charge in [0, 0.05) is 14.2 Å². The van der Waals surface area contributed by atoms with E-state index >= 15 is 0 Å². The van der Waals surface area contributed by atoms with Gasteiger partial charge in [0.1, 0.15) is 5.02 Å². The molecule has 1 aromatic heterocycles. The summed E-state index contributed by atoms with van der Waals surface area (Å²) in [7, 11) is 3.21. The van der Waals surface area contributed by atoms with E-state index in [-0.39, 0.29) is 16.6 Å². The van der Waals surface area contributed by atoms with Gasteiger partial charge in [0.25, 0.3) is 5.56 Å². The van der Waals surface area contributed by atoms with Gasteiger partial charge in [-0.25, -0.2) is 4.68 Å². The highest BCUT2D eigenvalue weighted by Gasteiger charge is 2.16. The number of halogens is 1. The van der Waals surface area contributed by atoms with Gasteiger partial charge in [-0.15, -0.1) is 0 Å². The van der Waals surface area contributed by atoms with Gasteiger partial charge in [-0.3, -0.25) is 4.79 Å². The molecule has 1 atom stereocenters. The van der Waals surface area contributed by atoms with E-state index < -0.39 is 0 Å². The summed E-state index contributed by atoms with van der Waals surface area (Å²) >= 11 is 6.11. The molecule has 20 heavy (non-hydrogen) atoms. The summed E-state index contributed by atoms with van der Waals surface area (Å²) in [5, 5.41) is 7.43. The largest absolute Gasteiger partial charge is 0.383 e. The van der Waals surface area contributed by atoms with Gasteiger partial charge in [0.05, 0.1) is 37.7 Å². The highest BCUT2D eigenvalue weighted by molar-refractivity contribution is 6.32. The maximum Gasteiger partial charge on any atom is 0.287 e. The molecule has 7 heteroatoms. The smallest absolute Gasteiger partial charge is 0.287 e. The van der Waals surface area contributed by atoms with Gasteiger partial charge in [0.2, 0.25) is 0 Å². The van der Waals surface area contributed by atoms with Crippen molar-refractivity contribution >= 4 is 17.3 Å². The van der Waals surface area contributed by atoms with Crippen LogP contribution in [0, 0.1) is 5.92 Å². The van der Waals surface area contributed by atoms with Crippen molar-refractivity contribution in [3.63, 3.8) is 0 Å². The van der Waals surface area contributed by atoms with Crippen LogP contribution >= 0.6 is 11.6 Å². The molecule has 0 saturated carbocycles. The van der Waals surface area contributed by atoms with Crippen LogP contribution in [0.25, 0.3) is 0 Å². The number of rotatable bonds is 8. The predicted octanol–water partition coefficient (Wildman–Crippen LogP) is 1.63. The molecule has 0 amide bonds. The lowest BCUT2D eigenvalue weighted by Gasteiger charge is -2.23. The lowest BCUT2D eigenvalue weighted by Crippen LogP contribution is -2.32. The van der Waals surface area contributed by atoms with Crippen molar-refractivity contribution in [3.8, 4) is 0 Å². The molecule has 1 N–H and O–H groups in total. The van der Waals surface area contributed by atoms with Crippen molar-refractivity contribution in [1.29, 1.82) is 0 Å². The summed E-state index contributed by atoms with van der Waals surface area (Å²) < 4.78 is 11.4. The minimum absolute atomic E-state index is 0.0634. The Bertz CT molecular complexity index is 476. The normalized spacial score (nSPS) is 12.7. The molecule has 0 spiro atoms. The van der Waals surface area contributed by atoms with E-state index in [0.717, 1.165) is 0 Å². The van der Waals surface area contributed by atoms with E-state index in [1.165, 1.54) is 4.68 Å². The van der Waals surface area contributed by atoms with Crippen LogP contribution in [0.15, 0.2) is 11.0 Å². The van der Waals surface area contributed by atoms with E-state index in [0.29, 0.717) is 31.4 Å². The molecule has 0 aromatic carbocycles. The number of hydrogen-bond donors (Lipinski definition) is 1. The minimum Gasteiger partial charge on any atom is -0.383 e. The number of nitrogens with zero attached hydrogens (tertiary/aromatic N) is 2. The SMILES string of the molecule is COCCn1ncc(NC(COC)C(C)C)c(Cl)c1=O. The summed E-state index contributed by atoms with van der Waals surface area (Å²) in [6.07, 6.45) is 1.56. The molecule has 1 heterocycles. The number of hydrogen-bond acceptors (Lipinski definition) is 5. The van der Waals surface area contributed by atoms with Crippen LogP contribution in [-0.2, 0) is 16.0 Å². The minimum atomic E-state index is -0.325. The molecule has 0 bridgehead atoms. The Morgan fingerprint density at radius 1 is 1.40 bits per heavy atom. The van der Waals surface area contributed by atoms with E-state index in [9.17, 15) is 4.79 Å². The molecule has 1 rings (SSSR count). The summed E-state index contributed by atoms with van der Waals surface area (Å²) in [6.45, 7) is 5.45. The summed E-state index contributed by atoms with van der Waals surface area (Å²) in [5.41, 5.74) is 0.203. The second-order valence-electron chi connectivity index (χ2n) is 4.84. The average molecular weight is 304 g/mol. The third-order valence-corrected chi connectivity index (χ3v) is 3.35. The van der Waals surface area contributed by atoms with Gasteiger partial charge < -0.3 is 14.8 Å². The molecule has 0 radical (unpaired) electrons. The summed E-state index contributed by atoms with van der Waals surface area (Å²) in [6, 6.07) is 0.0634. The Kier molecular flexibility index (Phi) is 6.98. The quantitative estimate of drug-likeness (QED) is 0.790. The Hall–Kier alpha value is -1.11. The van der Waals surface area contributed by atoms with Crippen LogP contribution < -0.4 is 10.9 Å². The lowest BCUT2D eigenvalue weighted by atomic mass is 10.1. The molecule has 0 fully saturated rings. The zero-order valence-electron chi connectivity index (χ0n) is 12.4. The monoisotopic (exact) mass is 303 g/mol. The molecule has 0 aliphatic carbocycles. The fourth-order valence-corrected chi connectivity index (χ4v) is 1.88. The Morgan fingerprint density at radius 3 is 2.65 bits per heavy atom. The van der Waals surface area contributed by atoms with Gasteiger partial charge in [-0.2, -0.15) is 5.10 Å². The number of aromatic nitrogens is 2. The van der Waals surface area contributed by atoms with Gasteiger partial charge in [-0.1, -0.05) is 25.4 Å². The van der Waals surface area contributed by atoms with Crippen LogP contribution in [-0.4, -0.2) is 43.3 Å². The van der Waals surface area contributed by atoms with E-state index in [4.69, 9.17) is 21.1 Å². The van der Waals surface area contributed by atoms with E-state index in [1.807, 2.05) is 0 Å². The van der Waals surface area contributed by atoms with Crippen molar-refractivity contribution in [2.45, 2.75) is 26.4 Å². The van der Waals surface area contributed by atoms with E-state index in [1.54, 1.807) is 20.4 Å². The molecule has 1 unspecified atom stereocenters. The number of ether oxygens (including phenoxy) is 2. The van der Waals surface area contributed by atoms with Crippen LogP contribution in [0.3, 0.4) is 0 Å². The molecule has 114 valence electrons. The van der Waals surface area contributed by atoms with Crippen molar-refractivity contribution in [1.82, 2.24) is 9.78 Å².